The highest BCUT2D eigenvalue weighted by Crippen LogP contribution is 2.39. The Bertz CT molecular complexity index is 1370. The molecule has 0 radical (unpaired) electrons. The zero-order valence-electron chi connectivity index (χ0n) is 18.5. The Kier molecular flexibility index (Phi) is 8.18. The number of rotatable bonds is 8. The molecule has 9 nitrogen and oxygen atoms in total. The van der Waals surface area contributed by atoms with Gasteiger partial charge in [-0.1, -0.05) is 13.8 Å². The Morgan fingerprint density at radius 1 is 1.09 bits per heavy atom. The number of nitrogens with one attached hydrogen (secondary N) is 1. The van der Waals surface area contributed by atoms with Crippen molar-refractivity contribution in [2.24, 2.45) is 0 Å². The summed E-state index contributed by atoms with van der Waals surface area (Å²) < 4.78 is 33.9. The second-order valence-electron chi connectivity index (χ2n) is 7.82. The summed E-state index contributed by atoms with van der Waals surface area (Å²) in [6, 6.07) is 12.4. The van der Waals surface area contributed by atoms with Crippen LogP contribution in [0.15, 0.2) is 68.4 Å². The number of phenolic OH excluding ortho intramolecular Hbond substituents is 1. The van der Waals surface area contributed by atoms with E-state index in [1.54, 1.807) is 30.3 Å². The number of nitro groups is 1. The lowest BCUT2D eigenvalue weighted by Gasteiger charge is -2.15. The van der Waals surface area contributed by atoms with E-state index in [1.165, 1.54) is 0 Å². The third-order valence-electron chi connectivity index (χ3n) is 4.87. The van der Waals surface area contributed by atoms with E-state index in [4.69, 9.17) is 4.74 Å². The van der Waals surface area contributed by atoms with Crippen molar-refractivity contribution in [3.8, 4) is 17.2 Å². The predicted octanol–water partition coefficient (Wildman–Crippen LogP) is 5.79. The molecule has 0 heterocycles. The lowest BCUT2D eigenvalue weighted by Crippen LogP contribution is -2.31. The number of nitro benzene ring substituents is 1. The van der Waals surface area contributed by atoms with Crippen LogP contribution in [-0.2, 0) is 21.2 Å². The largest absolute Gasteiger partial charge is 0.508 e. The van der Waals surface area contributed by atoms with Gasteiger partial charge in [-0.05, 0) is 85.8 Å². The fraction of sp³-hybridized carbons (Fsp3) is 0.174. The van der Waals surface area contributed by atoms with E-state index >= 15 is 0 Å². The molecule has 0 aliphatic carbocycles. The molecule has 0 spiro atoms. The third-order valence-corrected chi connectivity index (χ3v) is 7.44. The van der Waals surface area contributed by atoms with Gasteiger partial charge in [-0.25, -0.2) is 13.1 Å². The SMILES string of the molecule is CC(C)c1cc(Oc2c(Br)cc(CC(=O)NS(=O)(=O)c3ccc([N+](=O)[O-])cc3)cc2Br)ccc1O. The fourth-order valence-corrected chi connectivity index (χ4v) is 5.59. The average Bonchev–Trinajstić information content (AvgIpc) is 2.76. The van der Waals surface area contributed by atoms with E-state index in [0.717, 1.165) is 29.8 Å². The Balaban J connectivity index is 1.74. The average molecular weight is 628 g/mol. The van der Waals surface area contributed by atoms with E-state index in [-0.39, 0.29) is 28.7 Å². The van der Waals surface area contributed by atoms with Crippen molar-refractivity contribution in [2.75, 3.05) is 0 Å². The van der Waals surface area contributed by atoms with Gasteiger partial charge in [0, 0.05) is 17.7 Å². The standard InChI is InChI=1S/C23H20Br2N2O7S/c1-13(2)18-12-16(5-8-21(18)28)34-23-19(24)9-14(10-20(23)25)11-22(29)26-35(32,33)17-6-3-15(4-7-17)27(30)31/h3-10,12-13,28H,11H2,1-2H3,(H,26,29). The molecule has 0 bridgehead atoms. The number of amides is 1. The second kappa shape index (κ2) is 10.8. The highest BCUT2D eigenvalue weighted by Gasteiger charge is 2.20. The van der Waals surface area contributed by atoms with E-state index in [1.807, 2.05) is 18.6 Å². The molecule has 1 amide bonds. The molecule has 0 aromatic heterocycles. The first kappa shape index (κ1) is 26.6. The van der Waals surface area contributed by atoms with Crippen molar-refractivity contribution < 1.29 is 28.0 Å². The van der Waals surface area contributed by atoms with Crippen molar-refractivity contribution in [1.29, 1.82) is 0 Å². The summed E-state index contributed by atoms with van der Waals surface area (Å²) in [5.41, 5.74) is 0.971. The first-order valence-electron chi connectivity index (χ1n) is 10.2. The Hall–Kier alpha value is -2.96. The molecule has 3 aromatic rings. The van der Waals surface area contributed by atoms with Crippen LogP contribution in [-0.4, -0.2) is 24.4 Å². The summed E-state index contributed by atoms with van der Waals surface area (Å²) in [6.07, 6.45) is -0.250. The molecule has 0 unspecified atom stereocenters. The molecule has 184 valence electrons. The summed E-state index contributed by atoms with van der Waals surface area (Å²) in [5, 5.41) is 20.7. The molecule has 0 saturated carbocycles. The maximum absolute atomic E-state index is 12.4. The van der Waals surface area contributed by atoms with Gasteiger partial charge in [0.15, 0.2) is 5.75 Å². The maximum atomic E-state index is 12.4. The van der Waals surface area contributed by atoms with Crippen molar-refractivity contribution >= 4 is 53.5 Å². The maximum Gasteiger partial charge on any atom is 0.269 e. The summed E-state index contributed by atoms with van der Waals surface area (Å²) in [4.78, 5) is 22.2. The smallest absolute Gasteiger partial charge is 0.269 e. The van der Waals surface area contributed by atoms with E-state index in [9.17, 15) is 28.4 Å². The molecule has 3 aromatic carbocycles. The van der Waals surface area contributed by atoms with Crippen LogP contribution in [0.1, 0.15) is 30.9 Å². The lowest BCUT2D eigenvalue weighted by atomic mass is 10.0. The Labute approximate surface area is 218 Å². The van der Waals surface area contributed by atoms with Crippen molar-refractivity contribution in [2.45, 2.75) is 31.1 Å². The first-order valence-corrected chi connectivity index (χ1v) is 13.2. The molecule has 2 N–H and O–H groups in total. The fourth-order valence-electron chi connectivity index (χ4n) is 3.17. The minimum atomic E-state index is -4.20. The molecular formula is C23H20Br2N2O7S. The zero-order chi connectivity index (χ0) is 25.9. The van der Waals surface area contributed by atoms with Crippen molar-refractivity contribution in [3.05, 3.63) is 84.8 Å². The Morgan fingerprint density at radius 3 is 2.23 bits per heavy atom. The molecule has 35 heavy (non-hydrogen) atoms. The van der Waals surface area contributed by atoms with Crippen LogP contribution in [0.5, 0.6) is 17.2 Å². The van der Waals surface area contributed by atoms with Gasteiger partial charge < -0.3 is 9.84 Å². The molecule has 0 fully saturated rings. The molecule has 0 aliphatic rings. The minimum Gasteiger partial charge on any atom is -0.508 e. The van der Waals surface area contributed by atoms with Gasteiger partial charge >= 0.3 is 0 Å². The minimum absolute atomic E-state index is 0.0913. The number of carbonyl (C=O) groups excluding carboxylic acids is 1. The molecule has 3 rings (SSSR count). The van der Waals surface area contributed by atoms with Crippen molar-refractivity contribution in [3.63, 3.8) is 0 Å². The van der Waals surface area contributed by atoms with Crippen LogP contribution in [0.25, 0.3) is 0 Å². The second-order valence-corrected chi connectivity index (χ2v) is 11.2. The third kappa shape index (κ3) is 6.59. The van der Waals surface area contributed by atoms with Gasteiger partial charge in [0.05, 0.1) is 25.2 Å². The number of halogens is 2. The molecule has 0 aliphatic heterocycles. The summed E-state index contributed by atoms with van der Waals surface area (Å²) in [5.74, 6) is 0.431. The van der Waals surface area contributed by atoms with Crippen molar-refractivity contribution in [1.82, 2.24) is 4.72 Å². The number of ether oxygens (including phenoxy) is 1. The number of non-ortho nitro benzene ring substituents is 1. The monoisotopic (exact) mass is 626 g/mol. The number of carbonyl (C=O) groups is 1. The van der Waals surface area contributed by atoms with E-state index in [0.29, 0.717) is 26.0 Å². The summed E-state index contributed by atoms with van der Waals surface area (Å²) >= 11 is 6.83. The number of aromatic hydroxyl groups is 1. The topological polar surface area (TPSA) is 136 Å². The number of hydrogen-bond donors (Lipinski definition) is 2. The van der Waals surface area contributed by atoms with Gasteiger partial charge in [-0.2, -0.15) is 0 Å². The number of hydrogen-bond acceptors (Lipinski definition) is 7. The van der Waals surface area contributed by atoms with Gasteiger partial charge in [0.1, 0.15) is 11.5 Å². The van der Waals surface area contributed by atoms with Gasteiger partial charge in [0.2, 0.25) is 5.91 Å². The highest BCUT2D eigenvalue weighted by molar-refractivity contribution is 9.11. The quantitative estimate of drug-likeness (QED) is 0.238. The molecule has 12 heteroatoms. The molecular weight excluding hydrogens is 608 g/mol. The number of benzene rings is 3. The zero-order valence-corrected chi connectivity index (χ0v) is 22.5. The van der Waals surface area contributed by atoms with Crippen LogP contribution in [0.3, 0.4) is 0 Å². The predicted molar refractivity (Wildman–Crippen MR) is 136 cm³/mol. The number of phenols is 1. The first-order chi connectivity index (χ1) is 16.4. The van der Waals surface area contributed by atoms with Crippen LogP contribution in [0, 0.1) is 10.1 Å². The van der Waals surface area contributed by atoms with E-state index < -0.39 is 20.9 Å². The van der Waals surface area contributed by atoms with Gasteiger partial charge in [-0.3, -0.25) is 14.9 Å². The van der Waals surface area contributed by atoms with Crippen LogP contribution in [0.4, 0.5) is 5.69 Å². The number of nitrogens with zero attached hydrogens (tertiary/aromatic N) is 1. The van der Waals surface area contributed by atoms with E-state index in [2.05, 4.69) is 31.9 Å². The van der Waals surface area contributed by atoms with Crippen LogP contribution in [0.2, 0.25) is 0 Å². The molecule has 0 saturated heterocycles. The highest BCUT2D eigenvalue weighted by atomic mass is 79.9. The number of sulfonamides is 1. The van der Waals surface area contributed by atoms with Gasteiger partial charge in [0.25, 0.3) is 15.7 Å². The summed E-state index contributed by atoms with van der Waals surface area (Å²) in [7, 11) is -4.20. The van der Waals surface area contributed by atoms with Crippen LogP contribution < -0.4 is 9.46 Å². The lowest BCUT2D eigenvalue weighted by molar-refractivity contribution is -0.384. The van der Waals surface area contributed by atoms with Crippen LogP contribution >= 0.6 is 31.9 Å². The molecule has 0 atom stereocenters. The Morgan fingerprint density at radius 2 is 1.69 bits per heavy atom. The van der Waals surface area contributed by atoms with Gasteiger partial charge in [-0.15, -0.1) is 0 Å². The normalized spacial score (nSPS) is 11.3. The summed E-state index contributed by atoms with van der Waals surface area (Å²) in [6.45, 7) is 3.90.